The zero-order valence-electron chi connectivity index (χ0n) is 14.8. The quantitative estimate of drug-likeness (QED) is 0.651. The molecular formula is C19H13Cl2F3N2O3. The van der Waals surface area contributed by atoms with Crippen LogP contribution in [0, 0.1) is 0 Å². The van der Waals surface area contributed by atoms with E-state index >= 15 is 0 Å². The lowest BCUT2D eigenvalue weighted by atomic mass is 10.0. The van der Waals surface area contributed by atoms with Gasteiger partial charge in [-0.05, 0) is 31.2 Å². The molecule has 1 aliphatic heterocycles. The van der Waals surface area contributed by atoms with Crippen LogP contribution >= 0.6 is 23.2 Å². The summed E-state index contributed by atoms with van der Waals surface area (Å²) >= 11 is 12.1. The monoisotopic (exact) mass is 444 g/mol. The number of nitrogens with zero attached hydrogens (tertiary/aromatic N) is 1. The lowest BCUT2D eigenvalue weighted by Gasteiger charge is -2.13. The van der Waals surface area contributed by atoms with Crippen molar-refractivity contribution in [1.29, 1.82) is 0 Å². The Kier molecular flexibility index (Phi) is 5.77. The van der Waals surface area contributed by atoms with Crippen LogP contribution in [0.4, 0.5) is 18.9 Å². The third-order valence-electron chi connectivity index (χ3n) is 4.02. The maximum Gasteiger partial charge on any atom is 0.573 e. The molecular weight excluding hydrogens is 432 g/mol. The Hall–Kier alpha value is -2.71. The van der Waals surface area contributed by atoms with Gasteiger partial charge in [-0.1, -0.05) is 35.3 Å². The first kappa shape index (κ1) is 21.0. The third kappa shape index (κ3) is 4.49. The van der Waals surface area contributed by atoms with Crippen molar-refractivity contribution in [2.45, 2.75) is 13.3 Å². The van der Waals surface area contributed by atoms with Gasteiger partial charge in [0.05, 0.1) is 10.6 Å². The number of benzene rings is 2. The van der Waals surface area contributed by atoms with Gasteiger partial charge in [-0.25, -0.2) is 0 Å². The summed E-state index contributed by atoms with van der Waals surface area (Å²) in [5.74, 6) is -1.68. The van der Waals surface area contributed by atoms with Crippen LogP contribution < -0.4 is 10.1 Å². The summed E-state index contributed by atoms with van der Waals surface area (Å²) in [7, 11) is 0. The van der Waals surface area contributed by atoms with Gasteiger partial charge in [-0.3, -0.25) is 14.5 Å². The molecule has 0 saturated heterocycles. The second-order valence-electron chi connectivity index (χ2n) is 5.93. The Balaban J connectivity index is 2.06. The first-order chi connectivity index (χ1) is 13.6. The first-order valence-electron chi connectivity index (χ1n) is 8.29. The van der Waals surface area contributed by atoms with Gasteiger partial charge in [-0.2, -0.15) is 0 Å². The van der Waals surface area contributed by atoms with E-state index in [2.05, 4.69) is 10.1 Å². The van der Waals surface area contributed by atoms with E-state index in [4.69, 9.17) is 23.2 Å². The number of rotatable bonds is 5. The lowest BCUT2D eigenvalue weighted by molar-refractivity contribution is -0.274. The molecule has 10 heteroatoms. The average molecular weight is 445 g/mol. The Morgan fingerprint density at radius 1 is 1.07 bits per heavy atom. The summed E-state index contributed by atoms with van der Waals surface area (Å²) in [6.45, 7) is 1.73. The molecule has 3 rings (SSSR count). The van der Waals surface area contributed by atoms with Crippen LogP contribution in [0.5, 0.6) is 5.75 Å². The van der Waals surface area contributed by atoms with Crippen LogP contribution in [-0.2, 0) is 9.59 Å². The summed E-state index contributed by atoms with van der Waals surface area (Å²) in [6.07, 6.45) is -4.86. The zero-order valence-corrected chi connectivity index (χ0v) is 16.3. The number of ether oxygens (including phenoxy) is 1. The maximum absolute atomic E-state index is 12.8. The van der Waals surface area contributed by atoms with Crippen LogP contribution in [0.3, 0.4) is 0 Å². The number of hydrogen-bond acceptors (Lipinski definition) is 4. The number of alkyl halides is 3. The number of carbonyl (C=O) groups excluding carboxylic acids is 2. The van der Waals surface area contributed by atoms with Crippen molar-refractivity contribution in [2.75, 3.05) is 11.9 Å². The number of hydrogen-bond donors (Lipinski definition) is 1. The standard InChI is InChI=1S/C19H13Cl2F3N2O3/c1-2-26-17(27)15(13-7-6-10(20)8-14(13)21)16(18(26)28)25-11-4-3-5-12(9-11)29-19(22,23)24/h3-9,25H,2H2,1H3. The molecule has 0 saturated carbocycles. The fourth-order valence-electron chi connectivity index (χ4n) is 2.84. The van der Waals surface area contributed by atoms with Gasteiger partial charge in [-0.15, -0.1) is 13.2 Å². The highest BCUT2D eigenvalue weighted by Gasteiger charge is 2.39. The summed E-state index contributed by atoms with van der Waals surface area (Å²) in [5.41, 5.74) is 0.296. The highest BCUT2D eigenvalue weighted by molar-refractivity contribution is 6.41. The SMILES string of the molecule is CCN1C(=O)C(Nc2cccc(OC(F)(F)F)c2)=C(c2ccc(Cl)cc2Cl)C1=O. The Labute approximate surface area is 173 Å². The smallest absolute Gasteiger partial charge is 0.406 e. The molecule has 2 amide bonds. The number of likely N-dealkylation sites (N-methyl/N-ethyl adjacent to an activating group) is 1. The molecule has 0 unspecified atom stereocenters. The molecule has 0 spiro atoms. The maximum atomic E-state index is 12.8. The minimum absolute atomic E-state index is 0.000611. The number of amides is 2. The molecule has 0 aliphatic carbocycles. The number of nitrogens with one attached hydrogen (secondary N) is 1. The van der Waals surface area contributed by atoms with Gasteiger partial charge in [0.15, 0.2) is 0 Å². The van der Waals surface area contributed by atoms with Gasteiger partial charge in [0.1, 0.15) is 11.4 Å². The topological polar surface area (TPSA) is 58.6 Å². The number of imide groups is 1. The molecule has 5 nitrogen and oxygen atoms in total. The zero-order chi connectivity index (χ0) is 21.3. The molecule has 29 heavy (non-hydrogen) atoms. The lowest BCUT2D eigenvalue weighted by Crippen LogP contribution is -2.32. The molecule has 0 fully saturated rings. The molecule has 0 aromatic heterocycles. The fraction of sp³-hybridized carbons (Fsp3) is 0.158. The molecule has 1 N–H and O–H groups in total. The molecule has 2 aromatic rings. The Morgan fingerprint density at radius 2 is 1.79 bits per heavy atom. The minimum Gasteiger partial charge on any atom is -0.406 e. The Bertz CT molecular complexity index is 1020. The summed E-state index contributed by atoms with van der Waals surface area (Å²) in [6, 6.07) is 9.36. The van der Waals surface area contributed by atoms with Gasteiger partial charge >= 0.3 is 6.36 Å². The molecule has 0 radical (unpaired) electrons. The predicted octanol–water partition coefficient (Wildman–Crippen LogP) is 5.10. The largest absolute Gasteiger partial charge is 0.573 e. The van der Waals surface area contributed by atoms with Crippen molar-refractivity contribution >= 4 is 46.3 Å². The second kappa shape index (κ2) is 7.96. The van der Waals surface area contributed by atoms with E-state index < -0.39 is 23.9 Å². The van der Waals surface area contributed by atoms with Crippen molar-refractivity contribution in [3.63, 3.8) is 0 Å². The number of halogens is 5. The van der Waals surface area contributed by atoms with Crippen LogP contribution in [-0.4, -0.2) is 29.6 Å². The molecule has 0 bridgehead atoms. The predicted molar refractivity (Wildman–Crippen MR) is 103 cm³/mol. The van der Waals surface area contributed by atoms with Gasteiger partial charge in [0.2, 0.25) is 0 Å². The van der Waals surface area contributed by atoms with Gasteiger partial charge in [0, 0.05) is 28.9 Å². The molecule has 1 aliphatic rings. The first-order valence-corrected chi connectivity index (χ1v) is 9.05. The molecule has 2 aromatic carbocycles. The highest BCUT2D eigenvalue weighted by atomic mass is 35.5. The van der Waals surface area contributed by atoms with Crippen LogP contribution in [0.2, 0.25) is 10.0 Å². The number of carbonyl (C=O) groups is 2. The second-order valence-corrected chi connectivity index (χ2v) is 6.77. The molecule has 1 heterocycles. The van der Waals surface area contributed by atoms with E-state index in [0.717, 1.165) is 17.0 Å². The van der Waals surface area contributed by atoms with Crippen LogP contribution in [0.15, 0.2) is 48.2 Å². The van der Waals surface area contributed by atoms with E-state index in [1.165, 1.54) is 30.3 Å². The minimum atomic E-state index is -4.86. The van der Waals surface area contributed by atoms with E-state index in [1.807, 2.05) is 0 Å². The Morgan fingerprint density at radius 3 is 2.41 bits per heavy atom. The van der Waals surface area contributed by atoms with Gasteiger partial charge in [0.25, 0.3) is 11.8 Å². The summed E-state index contributed by atoms with van der Waals surface area (Å²) in [5, 5.41) is 3.23. The summed E-state index contributed by atoms with van der Waals surface area (Å²) < 4.78 is 41.3. The van der Waals surface area contributed by atoms with E-state index in [1.54, 1.807) is 6.92 Å². The van der Waals surface area contributed by atoms with E-state index in [0.29, 0.717) is 5.02 Å². The van der Waals surface area contributed by atoms with Crippen molar-refractivity contribution < 1.29 is 27.5 Å². The van der Waals surface area contributed by atoms with Crippen molar-refractivity contribution in [3.8, 4) is 5.75 Å². The van der Waals surface area contributed by atoms with Gasteiger partial charge < -0.3 is 10.1 Å². The van der Waals surface area contributed by atoms with Crippen LogP contribution in [0.25, 0.3) is 5.57 Å². The highest BCUT2D eigenvalue weighted by Crippen LogP contribution is 2.35. The van der Waals surface area contributed by atoms with Crippen LogP contribution in [0.1, 0.15) is 12.5 Å². The molecule has 152 valence electrons. The third-order valence-corrected chi connectivity index (χ3v) is 4.57. The van der Waals surface area contributed by atoms with E-state index in [9.17, 15) is 22.8 Å². The summed E-state index contributed by atoms with van der Waals surface area (Å²) in [4.78, 5) is 26.5. The average Bonchev–Trinajstić information content (AvgIpc) is 2.84. The molecule has 0 atom stereocenters. The fourth-order valence-corrected chi connectivity index (χ4v) is 3.34. The van der Waals surface area contributed by atoms with E-state index in [-0.39, 0.29) is 34.1 Å². The van der Waals surface area contributed by atoms with Crippen molar-refractivity contribution in [3.05, 3.63) is 63.8 Å². The number of anilines is 1. The normalized spacial score (nSPS) is 14.6. The van der Waals surface area contributed by atoms with Crippen molar-refractivity contribution in [2.24, 2.45) is 0 Å². The van der Waals surface area contributed by atoms with Crippen molar-refractivity contribution in [1.82, 2.24) is 4.90 Å².